The Hall–Kier alpha value is -3.08. The number of rotatable bonds is 1. The zero-order valence-electron chi connectivity index (χ0n) is 16.5. The van der Waals surface area contributed by atoms with Crippen molar-refractivity contribution in [1.29, 1.82) is 0 Å². The summed E-state index contributed by atoms with van der Waals surface area (Å²) in [5, 5.41) is 1.82. The molecule has 4 aromatic rings. The zero-order valence-corrected chi connectivity index (χ0v) is 13.5. The van der Waals surface area contributed by atoms with Crippen molar-refractivity contribution in [3.8, 4) is 0 Å². The second kappa shape index (κ2) is 4.96. The van der Waals surface area contributed by atoms with Gasteiger partial charge in [0.25, 0.3) is 0 Å². The first-order chi connectivity index (χ1) is 13.4. The van der Waals surface area contributed by atoms with E-state index in [1.54, 1.807) is 23.4 Å². The molecule has 5 rings (SSSR count). The number of fused-ring (bicyclic) bond motifs is 4. The summed E-state index contributed by atoms with van der Waals surface area (Å²) >= 11 is 0. The van der Waals surface area contributed by atoms with E-state index in [0.717, 1.165) is 22.0 Å². The van der Waals surface area contributed by atoms with E-state index >= 15 is 0 Å². The quantitative estimate of drug-likeness (QED) is 0.510. The van der Waals surface area contributed by atoms with Crippen LogP contribution in [0.1, 0.15) is 9.68 Å². The van der Waals surface area contributed by atoms with Gasteiger partial charge >= 0.3 is 0 Å². The summed E-state index contributed by atoms with van der Waals surface area (Å²) < 4.78 is 29.9. The van der Waals surface area contributed by atoms with Crippen LogP contribution in [-0.2, 0) is 0 Å². The van der Waals surface area contributed by atoms with Gasteiger partial charge < -0.3 is 14.2 Å². The van der Waals surface area contributed by atoms with Crippen molar-refractivity contribution in [2.75, 3.05) is 16.8 Å². The first-order valence-electron chi connectivity index (χ1n) is 9.39. The van der Waals surface area contributed by atoms with Gasteiger partial charge in [-0.15, -0.1) is 0 Å². The third-order valence-electron chi connectivity index (χ3n) is 4.55. The number of furan rings is 1. The average molecular weight is 331 g/mol. The molecule has 122 valence electrons. The lowest BCUT2D eigenvalue weighted by Crippen LogP contribution is -2.28. The van der Waals surface area contributed by atoms with Gasteiger partial charge in [0.1, 0.15) is 0 Å². The number of aryl methyl sites for hydroxylation is 1. The number of hydrogen-bond acceptors (Lipinski definition) is 5. The largest absolute Gasteiger partial charge is 0.435 e. The van der Waals surface area contributed by atoms with E-state index in [0.29, 0.717) is 29.0 Å². The highest BCUT2D eigenvalue weighted by Gasteiger charge is 2.36. The van der Waals surface area contributed by atoms with Crippen molar-refractivity contribution in [3.05, 3.63) is 67.4 Å². The van der Waals surface area contributed by atoms with Crippen LogP contribution in [-0.4, -0.2) is 16.9 Å². The monoisotopic (exact) mass is 331 g/mol. The Morgan fingerprint density at radius 1 is 1.08 bits per heavy atom. The van der Waals surface area contributed by atoms with Crippen LogP contribution in [0.2, 0.25) is 0 Å². The highest BCUT2D eigenvalue weighted by atomic mass is 16.3. The van der Waals surface area contributed by atoms with E-state index in [1.807, 2.05) is 37.3 Å². The van der Waals surface area contributed by atoms with Crippen molar-refractivity contribution in [2.45, 2.75) is 6.92 Å². The van der Waals surface area contributed by atoms with Crippen molar-refractivity contribution < 1.29 is 8.53 Å². The highest BCUT2D eigenvalue weighted by molar-refractivity contribution is 6.10. The average Bonchev–Trinajstić information content (AvgIpc) is 3.16. The molecular formula is C20H16N4O. The fourth-order valence-electron chi connectivity index (χ4n) is 3.38. The fraction of sp³-hybridized carbons (Fsp3) is 0.100. The lowest BCUT2D eigenvalue weighted by atomic mass is 10.1. The number of aromatic nitrogens is 2. The summed E-state index contributed by atoms with van der Waals surface area (Å²) in [7, 11) is 0. The lowest BCUT2D eigenvalue weighted by molar-refractivity contribution is 0.653. The molecule has 1 aliphatic rings. The van der Waals surface area contributed by atoms with E-state index in [-0.39, 0.29) is 0 Å². The Balaban J connectivity index is 1.82. The summed E-state index contributed by atoms with van der Waals surface area (Å²) in [5.41, 5.74) is 3.48. The molecule has 0 amide bonds. The second-order valence-electron chi connectivity index (χ2n) is 6.00. The van der Waals surface area contributed by atoms with Crippen LogP contribution in [0.5, 0.6) is 0 Å². The van der Waals surface area contributed by atoms with Crippen LogP contribution in [0.25, 0.3) is 22.1 Å². The third kappa shape index (κ3) is 1.83. The number of nitrogens with zero attached hydrogens (tertiary/aromatic N) is 4. The maximum absolute atomic E-state index is 7.95. The van der Waals surface area contributed by atoms with Crippen LogP contribution in [0, 0.1) is 20.0 Å². The molecule has 3 aromatic heterocycles. The number of anilines is 3. The Bertz CT molecular complexity index is 1220. The number of pyridine rings is 2. The lowest BCUT2D eigenvalue weighted by Gasteiger charge is -2.27. The van der Waals surface area contributed by atoms with Crippen molar-refractivity contribution in [1.82, 2.24) is 9.97 Å². The summed E-state index contributed by atoms with van der Waals surface area (Å²) in [6, 6.07) is 11.4. The van der Waals surface area contributed by atoms with Crippen molar-refractivity contribution in [3.63, 3.8) is 0 Å². The van der Waals surface area contributed by atoms with Gasteiger partial charge in [-0.1, -0.05) is 12.1 Å². The van der Waals surface area contributed by atoms with Crippen molar-refractivity contribution >= 4 is 39.3 Å². The van der Waals surface area contributed by atoms with Gasteiger partial charge in [0.05, 0.1) is 11.4 Å². The molecular weight excluding hydrogens is 312 g/mol. The van der Waals surface area contributed by atoms with Gasteiger partial charge in [-0.05, 0) is 43.7 Å². The molecule has 1 aromatic carbocycles. The standard InChI is InChI=1S/C20H16N4O/c1-12-8-9-14-15-6-4-11-22-20(15)25-18(14)17(12)24-13(2)23(3)19-16(24)7-5-10-21-19/h4-11H,2H2,1,3H3/i3D3. The molecule has 0 aliphatic carbocycles. The molecule has 25 heavy (non-hydrogen) atoms. The SMILES string of the molecule is [2H]C([2H])([2H])N1[C]([CH2])N(c2c(C)ccc3c2oc2ncccc23)c2cccnc21. The smallest absolute Gasteiger partial charge is 0.227 e. The molecule has 5 heteroatoms. The van der Waals surface area contributed by atoms with E-state index < -0.39 is 6.98 Å². The molecule has 0 fully saturated rings. The molecule has 0 N–H and O–H groups in total. The van der Waals surface area contributed by atoms with Gasteiger partial charge in [-0.25, -0.2) is 9.97 Å². The topological polar surface area (TPSA) is 45.4 Å². The minimum Gasteiger partial charge on any atom is -0.435 e. The summed E-state index contributed by atoms with van der Waals surface area (Å²) in [5.74, 6) is 0.345. The Morgan fingerprint density at radius 3 is 2.80 bits per heavy atom. The molecule has 1 aliphatic heterocycles. The third-order valence-corrected chi connectivity index (χ3v) is 4.55. The fourth-order valence-corrected chi connectivity index (χ4v) is 3.38. The molecule has 4 heterocycles. The Kier molecular flexibility index (Phi) is 2.27. The molecule has 0 saturated carbocycles. The molecule has 0 unspecified atom stereocenters. The zero-order chi connectivity index (χ0) is 19.6. The van der Waals surface area contributed by atoms with Crippen molar-refractivity contribution in [2.24, 2.45) is 0 Å². The number of benzene rings is 1. The van der Waals surface area contributed by atoms with Gasteiger partial charge in [0.15, 0.2) is 17.6 Å². The van der Waals surface area contributed by atoms with Crippen LogP contribution in [0.15, 0.2) is 53.2 Å². The summed E-state index contributed by atoms with van der Waals surface area (Å²) in [6.45, 7) is 3.62. The molecule has 2 radical (unpaired) electrons. The normalized spacial score (nSPS) is 17.0. The molecule has 0 bridgehead atoms. The van der Waals surface area contributed by atoms with Gasteiger partial charge in [0.2, 0.25) is 5.71 Å². The highest BCUT2D eigenvalue weighted by Crippen LogP contribution is 2.48. The molecule has 5 nitrogen and oxygen atoms in total. The van der Waals surface area contributed by atoms with Gasteiger partial charge in [-0.3, -0.25) is 0 Å². The van der Waals surface area contributed by atoms with E-state index in [4.69, 9.17) is 8.53 Å². The van der Waals surface area contributed by atoms with Crippen LogP contribution < -0.4 is 9.80 Å². The van der Waals surface area contributed by atoms with Gasteiger partial charge in [0, 0.05) is 34.3 Å². The maximum Gasteiger partial charge on any atom is 0.227 e. The predicted molar refractivity (Wildman–Crippen MR) is 99.6 cm³/mol. The maximum atomic E-state index is 7.95. The Labute approximate surface area is 149 Å². The first kappa shape index (κ1) is 11.5. The summed E-state index contributed by atoms with van der Waals surface area (Å²) in [6.07, 6.45) is 3.56. The minimum absolute atomic E-state index is 0.303. The summed E-state index contributed by atoms with van der Waals surface area (Å²) in [4.78, 5) is 11.6. The molecule has 0 saturated heterocycles. The van der Waals surface area contributed by atoms with Crippen LogP contribution in [0.3, 0.4) is 0 Å². The van der Waals surface area contributed by atoms with Gasteiger partial charge in [-0.2, -0.15) is 0 Å². The Morgan fingerprint density at radius 2 is 1.92 bits per heavy atom. The minimum atomic E-state index is -2.41. The van der Waals surface area contributed by atoms with Crippen LogP contribution in [0.4, 0.5) is 17.2 Å². The van der Waals surface area contributed by atoms with E-state index in [1.165, 1.54) is 4.90 Å². The molecule has 0 atom stereocenters. The molecule has 0 spiro atoms. The second-order valence-corrected chi connectivity index (χ2v) is 6.00. The number of hydrogen-bond donors (Lipinski definition) is 0. The predicted octanol–water partition coefficient (Wildman–Crippen LogP) is 4.60. The van der Waals surface area contributed by atoms with Crippen LogP contribution >= 0.6 is 0 Å². The first-order valence-corrected chi connectivity index (χ1v) is 7.89. The van der Waals surface area contributed by atoms with E-state index in [2.05, 4.69) is 16.9 Å². The van der Waals surface area contributed by atoms with E-state index in [9.17, 15) is 0 Å².